The van der Waals surface area contributed by atoms with Gasteiger partial charge in [0.1, 0.15) is 11.5 Å². The van der Waals surface area contributed by atoms with E-state index >= 15 is 0 Å². The number of carbonyl (C=O) groups is 1. The van der Waals surface area contributed by atoms with Gasteiger partial charge in [-0.3, -0.25) is 4.79 Å². The largest absolute Gasteiger partial charge is 0.350 e. The average Bonchev–Trinajstić information content (AvgIpc) is 2.64. The molecule has 26 heavy (non-hydrogen) atoms. The maximum absolute atomic E-state index is 13.7. The summed E-state index contributed by atoms with van der Waals surface area (Å²) in [5.41, 5.74) is 3.69. The van der Waals surface area contributed by atoms with Crippen LogP contribution in [0.3, 0.4) is 0 Å². The summed E-state index contributed by atoms with van der Waals surface area (Å²) in [6, 6.07) is 13.7. The van der Waals surface area contributed by atoms with Crippen molar-refractivity contribution in [2.45, 2.75) is 20.4 Å². The van der Waals surface area contributed by atoms with Crippen molar-refractivity contribution in [2.75, 3.05) is 10.6 Å². The van der Waals surface area contributed by atoms with Gasteiger partial charge in [0.05, 0.1) is 0 Å². The van der Waals surface area contributed by atoms with Crippen LogP contribution in [-0.2, 0) is 6.54 Å². The molecule has 1 aromatic heterocycles. The number of nitrogens with one attached hydrogen (secondary N) is 2. The Balaban J connectivity index is 1.69. The van der Waals surface area contributed by atoms with Crippen molar-refractivity contribution < 1.29 is 9.18 Å². The Labute approximate surface area is 151 Å². The topological polar surface area (TPSA) is 66.9 Å². The monoisotopic (exact) mass is 350 g/mol. The molecule has 0 unspecified atom stereocenters. The number of carbonyl (C=O) groups excluding carboxylic acids is 1. The Morgan fingerprint density at radius 3 is 2.65 bits per heavy atom. The summed E-state index contributed by atoms with van der Waals surface area (Å²) < 4.78 is 13.7. The molecule has 0 aliphatic carbocycles. The molecule has 132 valence electrons. The van der Waals surface area contributed by atoms with Crippen LogP contribution in [0.15, 0.2) is 54.7 Å². The molecule has 5 nitrogen and oxygen atoms in total. The molecule has 0 spiro atoms. The molecule has 1 amide bonds. The standard InChI is InChI=1S/C20H19FN4O/c1-13-7-8-16(11-14(13)2)24-19(26)18-9-10-22-20(25-18)23-12-15-5-3-4-6-17(15)21/h3-11H,12H2,1-2H3,(H,24,26)(H,22,23,25). The summed E-state index contributed by atoms with van der Waals surface area (Å²) in [7, 11) is 0. The zero-order chi connectivity index (χ0) is 18.5. The molecule has 0 saturated carbocycles. The van der Waals surface area contributed by atoms with Crippen molar-refractivity contribution in [3.05, 3.63) is 82.9 Å². The lowest BCUT2D eigenvalue weighted by atomic mass is 10.1. The first-order valence-electron chi connectivity index (χ1n) is 8.22. The van der Waals surface area contributed by atoms with E-state index in [1.54, 1.807) is 18.2 Å². The predicted octanol–water partition coefficient (Wildman–Crippen LogP) is 4.10. The Bertz CT molecular complexity index is 943. The third-order valence-electron chi connectivity index (χ3n) is 4.05. The molecule has 1 heterocycles. The fourth-order valence-corrected chi connectivity index (χ4v) is 2.40. The van der Waals surface area contributed by atoms with Crippen LogP contribution in [0.5, 0.6) is 0 Å². The average molecular weight is 350 g/mol. The van der Waals surface area contributed by atoms with Crippen LogP contribution >= 0.6 is 0 Å². The van der Waals surface area contributed by atoms with E-state index in [2.05, 4.69) is 20.6 Å². The SMILES string of the molecule is Cc1ccc(NC(=O)c2ccnc(NCc3ccccc3F)n2)cc1C. The molecule has 0 fully saturated rings. The van der Waals surface area contributed by atoms with Gasteiger partial charge in [0.15, 0.2) is 0 Å². The van der Waals surface area contributed by atoms with E-state index in [0.717, 1.165) is 11.1 Å². The second kappa shape index (κ2) is 7.74. The van der Waals surface area contributed by atoms with Crippen molar-refractivity contribution in [1.82, 2.24) is 9.97 Å². The molecule has 0 atom stereocenters. The number of anilines is 2. The van der Waals surface area contributed by atoms with E-state index in [4.69, 9.17) is 0 Å². The van der Waals surface area contributed by atoms with Crippen LogP contribution in [0.4, 0.5) is 16.0 Å². The summed E-state index contributed by atoms with van der Waals surface area (Å²) in [6.45, 7) is 4.23. The number of aromatic nitrogens is 2. The lowest BCUT2D eigenvalue weighted by Crippen LogP contribution is -2.15. The molecule has 2 aromatic carbocycles. The second-order valence-electron chi connectivity index (χ2n) is 5.96. The van der Waals surface area contributed by atoms with Gasteiger partial charge < -0.3 is 10.6 Å². The molecule has 2 N–H and O–H groups in total. The lowest BCUT2D eigenvalue weighted by molar-refractivity contribution is 0.102. The minimum absolute atomic E-state index is 0.231. The third-order valence-corrected chi connectivity index (χ3v) is 4.05. The van der Waals surface area contributed by atoms with Gasteiger partial charge in [0.25, 0.3) is 5.91 Å². The zero-order valence-corrected chi connectivity index (χ0v) is 14.6. The van der Waals surface area contributed by atoms with Crippen molar-refractivity contribution in [3.8, 4) is 0 Å². The van der Waals surface area contributed by atoms with Crippen LogP contribution < -0.4 is 10.6 Å². The van der Waals surface area contributed by atoms with Gasteiger partial charge >= 0.3 is 0 Å². The maximum atomic E-state index is 13.7. The number of nitrogens with zero attached hydrogens (tertiary/aromatic N) is 2. The molecule has 3 aromatic rings. The highest BCUT2D eigenvalue weighted by Gasteiger charge is 2.10. The molecule has 0 saturated heterocycles. The number of rotatable bonds is 5. The minimum atomic E-state index is -0.329. The molecule has 0 aliphatic heterocycles. The highest BCUT2D eigenvalue weighted by Crippen LogP contribution is 2.15. The van der Waals surface area contributed by atoms with E-state index in [1.165, 1.54) is 18.3 Å². The van der Waals surface area contributed by atoms with Crippen LogP contribution in [0.25, 0.3) is 0 Å². The number of benzene rings is 2. The van der Waals surface area contributed by atoms with E-state index < -0.39 is 0 Å². The fourth-order valence-electron chi connectivity index (χ4n) is 2.40. The summed E-state index contributed by atoms with van der Waals surface area (Å²) in [6.07, 6.45) is 1.49. The molecule has 6 heteroatoms. The van der Waals surface area contributed by atoms with Crippen molar-refractivity contribution in [1.29, 1.82) is 0 Å². The molecular formula is C20H19FN4O. The Hall–Kier alpha value is -3.28. The molecular weight excluding hydrogens is 331 g/mol. The number of hydrogen-bond acceptors (Lipinski definition) is 4. The number of amides is 1. The Morgan fingerprint density at radius 1 is 1.08 bits per heavy atom. The van der Waals surface area contributed by atoms with Gasteiger partial charge in [-0.1, -0.05) is 24.3 Å². The van der Waals surface area contributed by atoms with Crippen molar-refractivity contribution in [2.24, 2.45) is 0 Å². The van der Waals surface area contributed by atoms with Crippen LogP contribution in [-0.4, -0.2) is 15.9 Å². The second-order valence-corrected chi connectivity index (χ2v) is 5.96. The summed E-state index contributed by atoms with van der Waals surface area (Å²) in [4.78, 5) is 20.7. The highest BCUT2D eigenvalue weighted by molar-refractivity contribution is 6.03. The van der Waals surface area contributed by atoms with Gasteiger partial charge in [-0.2, -0.15) is 0 Å². The highest BCUT2D eigenvalue weighted by atomic mass is 19.1. The number of aryl methyl sites for hydroxylation is 2. The van der Waals surface area contributed by atoms with Crippen LogP contribution in [0.2, 0.25) is 0 Å². The molecule has 0 aliphatic rings. The summed E-state index contributed by atoms with van der Waals surface area (Å²) in [5, 5.41) is 5.75. The van der Waals surface area contributed by atoms with E-state index in [-0.39, 0.29) is 29.9 Å². The van der Waals surface area contributed by atoms with E-state index in [9.17, 15) is 9.18 Å². The normalized spacial score (nSPS) is 10.4. The van der Waals surface area contributed by atoms with Crippen LogP contribution in [0, 0.1) is 19.7 Å². The number of halogens is 1. The van der Waals surface area contributed by atoms with Crippen molar-refractivity contribution in [3.63, 3.8) is 0 Å². The molecule has 3 rings (SSSR count). The first kappa shape index (κ1) is 17.5. The molecule has 0 bridgehead atoms. The predicted molar refractivity (Wildman–Crippen MR) is 99.6 cm³/mol. The Morgan fingerprint density at radius 2 is 1.88 bits per heavy atom. The van der Waals surface area contributed by atoms with E-state index in [1.807, 2.05) is 32.0 Å². The van der Waals surface area contributed by atoms with Gasteiger partial charge in [-0.05, 0) is 49.2 Å². The van der Waals surface area contributed by atoms with Gasteiger partial charge in [-0.25, -0.2) is 14.4 Å². The van der Waals surface area contributed by atoms with Crippen molar-refractivity contribution >= 4 is 17.5 Å². The van der Waals surface area contributed by atoms with E-state index in [0.29, 0.717) is 11.3 Å². The molecule has 0 radical (unpaired) electrons. The summed E-state index contributed by atoms with van der Waals surface area (Å²) in [5.74, 6) is -0.366. The number of hydrogen-bond donors (Lipinski definition) is 2. The van der Waals surface area contributed by atoms with Gasteiger partial charge in [0, 0.05) is 24.0 Å². The smallest absolute Gasteiger partial charge is 0.274 e. The lowest BCUT2D eigenvalue weighted by Gasteiger charge is -2.09. The quantitative estimate of drug-likeness (QED) is 0.727. The minimum Gasteiger partial charge on any atom is -0.350 e. The first-order chi connectivity index (χ1) is 12.5. The Kier molecular flexibility index (Phi) is 5.22. The van der Waals surface area contributed by atoms with Gasteiger partial charge in [0.2, 0.25) is 5.95 Å². The maximum Gasteiger partial charge on any atom is 0.274 e. The van der Waals surface area contributed by atoms with Crippen LogP contribution in [0.1, 0.15) is 27.2 Å². The fraction of sp³-hybridized carbons (Fsp3) is 0.150. The first-order valence-corrected chi connectivity index (χ1v) is 8.22. The summed E-state index contributed by atoms with van der Waals surface area (Å²) >= 11 is 0. The van der Waals surface area contributed by atoms with Gasteiger partial charge in [-0.15, -0.1) is 0 Å². The third kappa shape index (κ3) is 4.22. The zero-order valence-electron chi connectivity index (χ0n) is 14.6.